The van der Waals surface area contributed by atoms with E-state index in [1.807, 2.05) is 66.7 Å². The van der Waals surface area contributed by atoms with Gasteiger partial charge in [0.1, 0.15) is 11.5 Å². The number of hydrogen-bond acceptors (Lipinski definition) is 5. The molecule has 0 spiro atoms. The van der Waals surface area contributed by atoms with E-state index in [4.69, 9.17) is 9.15 Å². The Morgan fingerprint density at radius 1 is 1.00 bits per heavy atom. The molecule has 1 N–H and O–H groups in total. The van der Waals surface area contributed by atoms with Crippen LogP contribution in [0.15, 0.2) is 98.4 Å². The van der Waals surface area contributed by atoms with Crippen molar-refractivity contribution in [2.75, 3.05) is 7.11 Å². The highest BCUT2D eigenvalue weighted by Crippen LogP contribution is 2.28. The number of benzene rings is 3. The minimum Gasteiger partial charge on any atom is -0.496 e. The number of amides is 1. The predicted octanol–water partition coefficient (Wildman–Crippen LogP) is 5.36. The lowest BCUT2D eigenvalue weighted by Gasteiger charge is -2.09. The smallest absolute Gasteiger partial charge is 0.275 e. The lowest BCUT2D eigenvalue weighted by molar-refractivity contribution is 0.0952. The summed E-state index contributed by atoms with van der Waals surface area (Å²) in [4.78, 5) is 13.7. The predicted molar refractivity (Wildman–Crippen MR) is 115 cm³/mol. The molecule has 0 aliphatic heterocycles. The Bertz CT molecular complexity index is 1170. The molecule has 0 saturated carbocycles. The van der Waals surface area contributed by atoms with Gasteiger partial charge in [0.05, 0.1) is 18.9 Å². The van der Waals surface area contributed by atoms with Crippen LogP contribution < -0.4 is 10.2 Å². The van der Waals surface area contributed by atoms with Gasteiger partial charge in [-0.1, -0.05) is 54.2 Å². The molecule has 1 heterocycles. The van der Waals surface area contributed by atoms with Crippen LogP contribution in [0.5, 0.6) is 5.75 Å². The van der Waals surface area contributed by atoms with Gasteiger partial charge in [-0.25, -0.2) is 5.43 Å². The summed E-state index contributed by atoms with van der Waals surface area (Å²) in [5.41, 5.74) is 2.95. The molecule has 1 amide bonds. The summed E-state index contributed by atoms with van der Waals surface area (Å²) in [6.45, 7) is 0. The summed E-state index contributed by atoms with van der Waals surface area (Å²) in [7, 11) is 1.54. The van der Waals surface area contributed by atoms with Crippen molar-refractivity contribution in [2.45, 2.75) is 9.99 Å². The molecule has 0 aliphatic carbocycles. The molecular weight excluding hydrogens is 384 g/mol. The topological polar surface area (TPSA) is 63.8 Å². The minimum absolute atomic E-state index is 0.353. The number of nitrogens with one attached hydrogen (secondary N) is 1. The number of carbonyl (C=O) groups excluding carboxylic acids is 1. The van der Waals surface area contributed by atoms with Crippen LogP contribution in [0, 0.1) is 0 Å². The number of fused-ring (bicyclic) bond motifs is 1. The largest absolute Gasteiger partial charge is 0.496 e. The number of nitrogens with zero attached hydrogens (tertiary/aromatic N) is 1. The van der Waals surface area contributed by atoms with Crippen LogP contribution in [0.1, 0.15) is 16.1 Å². The van der Waals surface area contributed by atoms with Crippen LogP contribution in [-0.4, -0.2) is 19.2 Å². The van der Waals surface area contributed by atoms with Crippen molar-refractivity contribution in [3.63, 3.8) is 0 Å². The molecule has 0 fully saturated rings. The SMILES string of the molecule is COc1cc2ccccc2cc1C(=O)NN=Cc1ccc(Sc2ccccc2)o1. The second kappa shape index (κ2) is 8.67. The Balaban J connectivity index is 1.44. The molecule has 0 saturated heterocycles. The zero-order valence-electron chi connectivity index (χ0n) is 15.7. The Labute approximate surface area is 172 Å². The molecule has 0 unspecified atom stereocenters. The lowest BCUT2D eigenvalue weighted by atomic mass is 10.1. The van der Waals surface area contributed by atoms with E-state index >= 15 is 0 Å². The van der Waals surface area contributed by atoms with Gasteiger partial charge in [-0.3, -0.25) is 4.79 Å². The van der Waals surface area contributed by atoms with Gasteiger partial charge in [-0.2, -0.15) is 5.10 Å². The first-order valence-electron chi connectivity index (χ1n) is 8.96. The van der Waals surface area contributed by atoms with E-state index in [0.717, 1.165) is 20.8 Å². The van der Waals surface area contributed by atoms with E-state index in [1.54, 1.807) is 19.2 Å². The summed E-state index contributed by atoms with van der Waals surface area (Å²) < 4.78 is 11.1. The van der Waals surface area contributed by atoms with E-state index in [2.05, 4.69) is 10.5 Å². The Morgan fingerprint density at radius 2 is 1.72 bits per heavy atom. The molecule has 29 heavy (non-hydrogen) atoms. The van der Waals surface area contributed by atoms with E-state index < -0.39 is 0 Å². The second-order valence-corrected chi connectivity index (χ2v) is 7.25. The van der Waals surface area contributed by atoms with Crippen molar-refractivity contribution in [1.29, 1.82) is 0 Å². The highest BCUT2D eigenvalue weighted by Gasteiger charge is 2.13. The minimum atomic E-state index is -0.353. The maximum absolute atomic E-state index is 12.6. The highest BCUT2D eigenvalue weighted by molar-refractivity contribution is 7.99. The second-order valence-electron chi connectivity index (χ2n) is 6.17. The highest BCUT2D eigenvalue weighted by atomic mass is 32.2. The Morgan fingerprint density at radius 3 is 2.48 bits per heavy atom. The van der Waals surface area contributed by atoms with Gasteiger partial charge in [-0.05, 0) is 47.2 Å². The van der Waals surface area contributed by atoms with Crippen LogP contribution in [0.3, 0.4) is 0 Å². The van der Waals surface area contributed by atoms with E-state index in [-0.39, 0.29) is 5.91 Å². The molecule has 0 atom stereocenters. The number of furan rings is 1. The van der Waals surface area contributed by atoms with Crippen LogP contribution in [-0.2, 0) is 0 Å². The fourth-order valence-electron chi connectivity index (χ4n) is 2.84. The van der Waals surface area contributed by atoms with E-state index in [1.165, 1.54) is 18.0 Å². The summed E-state index contributed by atoms with van der Waals surface area (Å²) in [6, 6.07) is 25.0. The van der Waals surface area contributed by atoms with Gasteiger partial charge in [-0.15, -0.1) is 0 Å². The average Bonchev–Trinajstić information content (AvgIpc) is 3.20. The molecule has 144 valence electrons. The van der Waals surface area contributed by atoms with E-state index in [9.17, 15) is 4.79 Å². The van der Waals surface area contributed by atoms with Crippen molar-refractivity contribution in [3.05, 3.63) is 90.2 Å². The van der Waals surface area contributed by atoms with Crippen LogP contribution in [0.2, 0.25) is 0 Å². The quantitative estimate of drug-likeness (QED) is 0.348. The third-order valence-corrected chi connectivity index (χ3v) is 5.16. The first-order valence-corrected chi connectivity index (χ1v) is 9.77. The van der Waals surface area contributed by atoms with Gasteiger partial charge in [0.25, 0.3) is 5.91 Å². The van der Waals surface area contributed by atoms with Gasteiger partial charge >= 0.3 is 0 Å². The third-order valence-electron chi connectivity index (χ3n) is 4.23. The van der Waals surface area contributed by atoms with Gasteiger partial charge in [0.2, 0.25) is 0 Å². The number of hydrogen-bond donors (Lipinski definition) is 1. The van der Waals surface area contributed by atoms with Gasteiger partial charge < -0.3 is 9.15 Å². The molecule has 6 heteroatoms. The van der Waals surface area contributed by atoms with Crippen molar-refractivity contribution in [1.82, 2.24) is 5.43 Å². The zero-order chi connectivity index (χ0) is 20.1. The van der Waals surface area contributed by atoms with Crippen LogP contribution in [0.25, 0.3) is 10.8 Å². The molecule has 0 radical (unpaired) electrons. The van der Waals surface area contributed by atoms with Crippen LogP contribution >= 0.6 is 11.8 Å². The third kappa shape index (κ3) is 4.50. The molecule has 4 rings (SSSR count). The maximum Gasteiger partial charge on any atom is 0.275 e. The van der Waals surface area contributed by atoms with Crippen molar-refractivity contribution >= 4 is 34.7 Å². The fraction of sp³-hybridized carbons (Fsp3) is 0.0435. The van der Waals surface area contributed by atoms with Crippen molar-refractivity contribution < 1.29 is 13.9 Å². The monoisotopic (exact) mass is 402 g/mol. The summed E-state index contributed by atoms with van der Waals surface area (Å²) in [5, 5.41) is 6.72. The molecular formula is C23H18N2O3S. The number of rotatable bonds is 6. The first-order chi connectivity index (χ1) is 14.2. The van der Waals surface area contributed by atoms with Crippen molar-refractivity contribution in [2.24, 2.45) is 5.10 Å². The molecule has 0 aliphatic rings. The molecule has 3 aromatic carbocycles. The summed E-state index contributed by atoms with van der Waals surface area (Å²) in [5.74, 6) is 0.694. The first kappa shape index (κ1) is 18.8. The normalized spacial score (nSPS) is 11.1. The number of methoxy groups -OCH3 is 1. The van der Waals surface area contributed by atoms with Crippen LogP contribution in [0.4, 0.5) is 0 Å². The van der Waals surface area contributed by atoms with Gasteiger partial charge in [0.15, 0.2) is 5.09 Å². The average molecular weight is 402 g/mol. The number of hydrazone groups is 1. The molecule has 4 aromatic rings. The Hall–Kier alpha value is -3.51. The fourth-order valence-corrected chi connectivity index (χ4v) is 3.64. The summed E-state index contributed by atoms with van der Waals surface area (Å²) >= 11 is 1.52. The Kier molecular flexibility index (Phi) is 5.63. The standard InChI is InChI=1S/C23H18N2O3S/c1-27-21-14-17-8-6-5-7-16(17)13-20(21)23(26)25-24-15-18-11-12-22(28-18)29-19-9-3-2-4-10-19/h2-15H,1H3,(H,25,26). The lowest BCUT2D eigenvalue weighted by Crippen LogP contribution is -2.18. The van der Waals surface area contributed by atoms with Gasteiger partial charge in [0, 0.05) is 4.90 Å². The molecule has 5 nitrogen and oxygen atoms in total. The number of ether oxygens (including phenoxy) is 1. The van der Waals surface area contributed by atoms with E-state index in [0.29, 0.717) is 17.1 Å². The zero-order valence-corrected chi connectivity index (χ0v) is 16.5. The summed E-state index contributed by atoms with van der Waals surface area (Å²) in [6.07, 6.45) is 1.47. The maximum atomic E-state index is 12.6. The van der Waals surface area contributed by atoms with Crippen molar-refractivity contribution in [3.8, 4) is 5.75 Å². The number of carbonyl (C=O) groups is 1. The molecule has 1 aromatic heterocycles. The molecule has 0 bridgehead atoms.